The minimum Gasteiger partial charge on any atom is -0.396 e. The van der Waals surface area contributed by atoms with Crippen LogP contribution < -0.4 is 0 Å². The summed E-state index contributed by atoms with van der Waals surface area (Å²) < 4.78 is 0.0858. The van der Waals surface area contributed by atoms with Crippen molar-refractivity contribution in [1.29, 1.82) is 0 Å². The first kappa shape index (κ1) is 10.6. The molecular formula is C6H9Cl3O. The van der Waals surface area contributed by atoms with Crippen molar-refractivity contribution < 1.29 is 5.11 Å². The van der Waals surface area contributed by atoms with Gasteiger partial charge in [-0.25, -0.2) is 0 Å². The molecule has 0 saturated heterocycles. The van der Waals surface area contributed by atoms with Crippen molar-refractivity contribution >= 4 is 34.8 Å². The van der Waals surface area contributed by atoms with E-state index in [1.54, 1.807) is 0 Å². The Bertz CT molecular complexity index is 129. The molecule has 0 fully saturated rings. The van der Waals surface area contributed by atoms with Crippen molar-refractivity contribution in [2.24, 2.45) is 5.92 Å². The topological polar surface area (TPSA) is 20.2 Å². The first-order valence-electron chi connectivity index (χ1n) is 2.91. The van der Waals surface area contributed by atoms with Gasteiger partial charge in [-0.15, -0.1) is 0 Å². The van der Waals surface area contributed by atoms with Crippen LogP contribution in [0.1, 0.15) is 13.3 Å². The van der Waals surface area contributed by atoms with Crippen LogP contribution in [0.15, 0.2) is 9.52 Å². The van der Waals surface area contributed by atoms with Crippen molar-refractivity contribution in [2.75, 3.05) is 6.61 Å². The van der Waals surface area contributed by atoms with Crippen LogP contribution in [0.25, 0.3) is 0 Å². The van der Waals surface area contributed by atoms with E-state index >= 15 is 0 Å². The van der Waals surface area contributed by atoms with Crippen molar-refractivity contribution in [3.8, 4) is 0 Å². The predicted octanol–water partition coefficient (Wildman–Crippen LogP) is 2.89. The highest BCUT2D eigenvalue weighted by Gasteiger charge is 2.08. The van der Waals surface area contributed by atoms with E-state index in [0.29, 0.717) is 11.5 Å². The van der Waals surface area contributed by atoms with Crippen molar-refractivity contribution in [2.45, 2.75) is 13.3 Å². The molecule has 4 heteroatoms. The Morgan fingerprint density at radius 1 is 1.40 bits per heavy atom. The van der Waals surface area contributed by atoms with Gasteiger partial charge in [0.2, 0.25) is 0 Å². The molecule has 10 heavy (non-hydrogen) atoms. The third kappa shape index (κ3) is 3.67. The molecule has 0 spiro atoms. The maximum atomic E-state index is 8.50. The Kier molecular flexibility index (Phi) is 5.55. The number of aliphatic hydroxyl groups excluding tert-OH is 1. The van der Waals surface area contributed by atoms with Gasteiger partial charge in [-0.1, -0.05) is 41.7 Å². The lowest BCUT2D eigenvalue weighted by atomic mass is 10.1. The van der Waals surface area contributed by atoms with Crippen LogP contribution in [0.5, 0.6) is 0 Å². The Morgan fingerprint density at radius 3 is 2.20 bits per heavy atom. The van der Waals surface area contributed by atoms with Gasteiger partial charge < -0.3 is 5.11 Å². The van der Waals surface area contributed by atoms with E-state index in [-0.39, 0.29) is 17.0 Å². The molecule has 0 aromatic heterocycles. The van der Waals surface area contributed by atoms with E-state index in [9.17, 15) is 0 Å². The second-order valence-electron chi connectivity index (χ2n) is 2.02. The Hall–Kier alpha value is 0.570. The fourth-order valence-electron chi connectivity index (χ4n) is 0.507. The number of aliphatic hydroxyl groups is 1. The molecule has 0 heterocycles. The highest BCUT2D eigenvalue weighted by atomic mass is 35.5. The van der Waals surface area contributed by atoms with Crippen molar-refractivity contribution in [3.63, 3.8) is 0 Å². The Morgan fingerprint density at radius 2 is 1.90 bits per heavy atom. The van der Waals surface area contributed by atoms with Gasteiger partial charge in [0.15, 0.2) is 0 Å². The quantitative estimate of drug-likeness (QED) is 0.748. The van der Waals surface area contributed by atoms with Crippen LogP contribution >= 0.6 is 34.8 Å². The molecule has 1 N–H and O–H groups in total. The zero-order chi connectivity index (χ0) is 8.15. The molecule has 0 aromatic carbocycles. The molecule has 1 unspecified atom stereocenters. The fourth-order valence-corrected chi connectivity index (χ4v) is 0.988. The maximum Gasteiger partial charge on any atom is 0.121 e. The highest BCUT2D eigenvalue weighted by molar-refractivity contribution is 6.59. The Labute approximate surface area is 75.6 Å². The lowest BCUT2D eigenvalue weighted by Gasteiger charge is -2.06. The molecule has 1 nitrogen and oxygen atoms in total. The molecule has 1 atom stereocenters. The lowest BCUT2D eigenvalue weighted by Crippen LogP contribution is -1.97. The molecule has 0 aliphatic rings. The van der Waals surface area contributed by atoms with Gasteiger partial charge in [-0.05, 0) is 12.3 Å². The van der Waals surface area contributed by atoms with E-state index in [2.05, 4.69) is 0 Å². The molecule has 0 aromatic rings. The molecule has 0 aliphatic heterocycles. The van der Waals surface area contributed by atoms with E-state index in [4.69, 9.17) is 39.9 Å². The van der Waals surface area contributed by atoms with Crippen LogP contribution in [0, 0.1) is 5.92 Å². The number of halogens is 3. The van der Waals surface area contributed by atoms with Gasteiger partial charge in [-0.2, -0.15) is 0 Å². The summed E-state index contributed by atoms with van der Waals surface area (Å²) in [5.74, 6) is 0.0386. The third-order valence-corrected chi connectivity index (χ3v) is 2.34. The molecule has 0 aliphatic carbocycles. The normalized spacial score (nSPS) is 12.9. The van der Waals surface area contributed by atoms with E-state index < -0.39 is 0 Å². The molecule has 0 radical (unpaired) electrons. The molecule has 60 valence electrons. The summed E-state index contributed by atoms with van der Waals surface area (Å²) in [5.41, 5.74) is 0. The van der Waals surface area contributed by atoms with Crippen LogP contribution in [0.2, 0.25) is 0 Å². The molecule has 0 saturated carbocycles. The predicted molar refractivity (Wildman–Crippen MR) is 45.5 cm³/mol. The first-order chi connectivity index (χ1) is 4.59. The minimum absolute atomic E-state index is 0.0386. The van der Waals surface area contributed by atoms with E-state index in [1.807, 2.05) is 6.92 Å². The molecule has 0 rings (SSSR count). The summed E-state index contributed by atoms with van der Waals surface area (Å²) in [7, 11) is 0. The average molecular weight is 203 g/mol. The first-order valence-corrected chi connectivity index (χ1v) is 4.04. The van der Waals surface area contributed by atoms with Gasteiger partial charge >= 0.3 is 0 Å². The minimum atomic E-state index is 0.0386. The zero-order valence-electron chi connectivity index (χ0n) is 5.57. The molecule has 0 bridgehead atoms. The maximum absolute atomic E-state index is 8.50. The fraction of sp³-hybridized carbons (Fsp3) is 0.667. The summed E-state index contributed by atoms with van der Waals surface area (Å²) in [6.45, 7) is 1.95. The number of rotatable bonds is 3. The van der Waals surface area contributed by atoms with Crippen LogP contribution in [-0.4, -0.2) is 11.7 Å². The number of hydrogen-bond acceptors (Lipinski definition) is 1. The van der Waals surface area contributed by atoms with E-state index in [1.165, 1.54) is 0 Å². The molecule has 0 amide bonds. The SMILES string of the molecule is CC(CCO)C(Cl)=C(Cl)Cl. The smallest absolute Gasteiger partial charge is 0.121 e. The van der Waals surface area contributed by atoms with Gasteiger partial charge in [0.1, 0.15) is 4.49 Å². The van der Waals surface area contributed by atoms with Crippen molar-refractivity contribution in [3.05, 3.63) is 9.52 Å². The standard InChI is InChI=1S/C6H9Cl3O/c1-4(2-3-10)5(7)6(8)9/h4,10H,2-3H2,1H3. The number of allylic oxidation sites excluding steroid dienone is 1. The van der Waals surface area contributed by atoms with Crippen molar-refractivity contribution in [1.82, 2.24) is 0 Å². The summed E-state index contributed by atoms with van der Waals surface area (Å²) >= 11 is 16.4. The highest BCUT2D eigenvalue weighted by Crippen LogP contribution is 2.26. The second kappa shape index (κ2) is 5.25. The molecular weight excluding hydrogens is 194 g/mol. The lowest BCUT2D eigenvalue weighted by molar-refractivity contribution is 0.273. The van der Waals surface area contributed by atoms with Gasteiger partial charge in [0.05, 0.1) is 5.03 Å². The number of hydrogen-bond donors (Lipinski definition) is 1. The van der Waals surface area contributed by atoms with Gasteiger partial charge in [0.25, 0.3) is 0 Å². The summed E-state index contributed by atoms with van der Waals surface area (Å²) in [5, 5.41) is 8.91. The van der Waals surface area contributed by atoms with Crippen LogP contribution in [-0.2, 0) is 0 Å². The monoisotopic (exact) mass is 202 g/mol. The summed E-state index contributed by atoms with van der Waals surface area (Å²) in [6.07, 6.45) is 0.585. The third-order valence-electron chi connectivity index (χ3n) is 1.18. The average Bonchev–Trinajstić information content (AvgIpc) is 1.87. The van der Waals surface area contributed by atoms with E-state index in [0.717, 1.165) is 0 Å². The zero-order valence-corrected chi connectivity index (χ0v) is 7.84. The summed E-state index contributed by atoms with van der Waals surface area (Å²) in [4.78, 5) is 0. The van der Waals surface area contributed by atoms with Gasteiger partial charge in [0, 0.05) is 6.61 Å². The second-order valence-corrected chi connectivity index (χ2v) is 3.38. The van der Waals surface area contributed by atoms with Gasteiger partial charge in [-0.3, -0.25) is 0 Å². The summed E-state index contributed by atoms with van der Waals surface area (Å²) in [6, 6.07) is 0. The van der Waals surface area contributed by atoms with Crippen LogP contribution in [0.3, 0.4) is 0 Å². The largest absolute Gasteiger partial charge is 0.396 e. The van der Waals surface area contributed by atoms with Crippen LogP contribution in [0.4, 0.5) is 0 Å². The Balaban J connectivity index is 3.94.